The predicted octanol–water partition coefficient (Wildman–Crippen LogP) is 2.93. The summed E-state index contributed by atoms with van der Waals surface area (Å²) in [5.41, 5.74) is 2.33. The lowest BCUT2D eigenvalue weighted by molar-refractivity contribution is 0.475. The van der Waals surface area contributed by atoms with Gasteiger partial charge in [0.25, 0.3) is 0 Å². The van der Waals surface area contributed by atoms with Crippen LogP contribution in [0.25, 0.3) is 0 Å². The van der Waals surface area contributed by atoms with Gasteiger partial charge in [0, 0.05) is 11.0 Å². The second-order valence-corrected chi connectivity index (χ2v) is 4.59. The number of nitrogens with zero attached hydrogens (tertiary/aromatic N) is 1. The van der Waals surface area contributed by atoms with Crippen LogP contribution in [0.2, 0.25) is 0 Å². The molecule has 3 rings (SSSR count). The van der Waals surface area contributed by atoms with Gasteiger partial charge in [-0.25, -0.2) is 0 Å². The van der Waals surface area contributed by atoms with Crippen LogP contribution in [0.4, 0.5) is 11.4 Å². The van der Waals surface area contributed by atoms with Crippen LogP contribution in [0.3, 0.4) is 0 Å². The Morgan fingerprint density at radius 1 is 1.40 bits per heavy atom. The fraction of sp³-hybridized carbons (Fsp3) is 0.273. The molecule has 0 saturated carbocycles. The molecular weight excluding hydrogens is 256 g/mol. The van der Waals surface area contributed by atoms with E-state index in [1.807, 2.05) is 6.07 Å². The Morgan fingerprint density at radius 3 is 3.27 bits per heavy atom. The minimum atomic E-state index is 0.871. The van der Waals surface area contributed by atoms with E-state index in [0.717, 1.165) is 35.5 Å². The van der Waals surface area contributed by atoms with E-state index >= 15 is 0 Å². The molecule has 0 amide bonds. The van der Waals surface area contributed by atoms with E-state index in [0.29, 0.717) is 0 Å². The highest BCUT2D eigenvalue weighted by Crippen LogP contribution is 2.43. The largest absolute Gasteiger partial charge is 0.463 e. The Kier molecular flexibility index (Phi) is 2.09. The summed E-state index contributed by atoms with van der Waals surface area (Å²) in [6.07, 6.45) is 4.86. The van der Waals surface area contributed by atoms with E-state index in [1.165, 1.54) is 5.69 Å². The standard InChI is InChI=1S/C11H11BrN2O/c12-8-5-9-11-10(6-8)15-4-2-1-3-14(11)7-13-9/h2,4-6,13H,1,3,7H2/b4-2-. The summed E-state index contributed by atoms with van der Waals surface area (Å²) in [4.78, 5) is 2.31. The van der Waals surface area contributed by atoms with Crippen molar-refractivity contribution in [2.75, 3.05) is 23.4 Å². The van der Waals surface area contributed by atoms with Crippen molar-refractivity contribution in [3.63, 3.8) is 0 Å². The lowest BCUT2D eigenvalue weighted by Crippen LogP contribution is -2.24. The number of nitrogens with one attached hydrogen (secondary N) is 1. The maximum absolute atomic E-state index is 5.61. The lowest BCUT2D eigenvalue weighted by atomic mass is 10.2. The quantitative estimate of drug-likeness (QED) is 0.782. The average molecular weight is 267 g/mol. The molecule has 3 nitrogen and oxygen atoms in total. The molecule has 1 N–H and O–H groups in total. The van der Waals surface area contributed by atoms with Gasteiger partial charge in [-0.1, -0.05) is 15.9 Å². The van der Waals surface area contributed by atoms with E-state index in [2.05, 4.69) is 38.3 Å². The molecule has 2 aliphatic rings. The van der Waals surface area contributed by atoms with Gasteiger partial charge in [0.15, 0.2) is 5.75 Å². The molecule has 15 heavy (non-hydrogen) atoms. The van der Waals surface area contributed by atoms with Crippen molar-refractivity contribution in [2.45, 2.75) is 6.42 Å². The van der Waals surface area contributed by atoms with Crippen molar-refractivity contribution in [1.82, 2.24) is 0 Å². The van der Waals surface area contributed by atoms with Crippen LogP contribution in [0.5, 0.6) is 5.75 Å². The smallest absolute Gasteiger partial charge is 0.153 e. The van der Waals surface area contributed by atoms with Gasteiger partial charge in [0.1, 0.15) is 5.69 Å². The average Bonchev–Trinajstić information content (AvgIpc) is 2.56. The fourth-order valence-corrected chi connectivity index (χ4v) is 2.43. The SMILES string of the molecule is Brc1cc2c3c(c1)O/C=C\CCN3CN2. The van der Waals surface area contributed by atoms with Gasteiger partial charge in [0.2, 0.25) is 0 Å². The van der Waals surface area contributed by atoms with Crippen molar-refractivity contribution >= 4 is 27.3 Å². The van der Waals surface area contributed by atoms with Crippen LogP contribution in [0.1, 0.15) is 6.42 Å². The molecule has 0 aliphatic carbocycles. The van der Waals surface area contributed by atoms with E-state index in [1.54, 1.807) is 6.26 Å². The molecule has 0 radical (unpaired) electrons. The number of halogens is 1. The molecule has 0 atom stereocenters. The van der Waals surface area contributed by atoms with Crippen LogP contribution in [0.15, 0.2) is 28.9 Å². The molecule has 2 aliphatic heterocycles. The van der Waals surface area contributed by atoms with Crippen LogP contribution in [0, 0.1) is 0 Å². The van der Waals surface area contributed by atoms with Crippen LogP contribution in [-0.2, 0) is 0 Å². The predicted molar refractivity (Wildman–Crippen MR) is 64.4 cm³/mol. The summed E-state index contributed by atoms with van der Waals surface area (Å²) in [5.74, 6) is 0.917. The Hall–Kier alpha value is -1.16. The Morgan fingerprint density at radius 2 is 2.33 bits per heavy atom. The zero-order valence-electron chi connectivity index (χ0n) is 8.16. The van der Waals surface area contributed by atoms with Gasteiger partial charge in [0.05, 0.1) is 18.6 Å². The van der Waals surface area contributed by atoms with E-state index < -0.39 is 0 Å². The molecule has 78 valence electrons. The molecule has 0 spiro atoms. The Bertz CT molecular complexity index is 431. The van der Waals surface area contributed by atoms with Gasteiger partial charge < -0.3 is 15.0 Å². The van der Waals surface area contributed by atoms with Crippen molar-refractivity contribution in [2.24, 2.45) is 0 Å². The summed E-state index contributed by atoms with van der Waals surface area (Å²) in [5, 5.41) is 3.37. The van der Waals surface area contributed by atoms with E-state index in [-0.39, 0.29) is 0 Å². The first kappa shape index (κ1) is 9.09. The maximum Gasteiger partial charge on any atom is 0.153 e. The van der Waals surface area contributed by atoms with E-state index in [4.69, 9.17) is 4.74 Å². The number of rotatable bonds is 0. The summed E-state index contributed by atoms with van der Waals surface area (Å²) in [7, 11) is 0. The van der Waals surface area contributed by atoms with Gasteiger partial charge in [-0.05, 0) is 24.6 Å². The zero-order chi connectivity index (χ0) is 10.3. The molecule has 0 saturated heterocycles. The number of hydrogen-bond donors (Lipinski definition) is 1. The van der Waals surface area contributed by atoms with Crippen molar-refractivity contribution in [3.8, 4) is 5.75 Å². The van der Waals surface area contributed by atoms with Gasteiger partial charge >= 0.3 is 0 Å². The molecule has 0 fully saturated rings. The molecule has 0 aromatic heterocycles. The van der Waals surface area contributed by atoms with Gasteiger partial charge in [-0.15, -0.1) is 0 Å². The summed E-state index contributed by atoms with van der Waals surface area (Å²) in [6.45, 7) is 1.91. The number of benzene rings is 1. The van der Waals surface area contributed by atoms with Crippen molar-refractivity contribution in [3.05, 3.63) is 28.9 Å². The third-order valence-electron chi connectivity index (χ3n) is 2.67. The molecule has 4 heteroatoms. The van der Waals surface area contributed by atoms with Crippen molar-refractivity contribution < 1.29 is 4.74 Å². The first-order chi connectivity index (χ1) is 7.34. The van der Waals surface area contributed by atoms with Crippen LogP contribution in [-0.4, -0.2) is 13.2 Å². The molecular formula is C11H11BrN2O. The highest BCUT2D eigenvalue weighted by atomic mass is 79.9. The third-order valence-corrected chi connectivity index (χ3v) is 3.13. The van der Waals surface area contributed by atoms with Gasteiger partial charge in [-0.3, -0.25) is 0 Å². The topological polar surface area (TPSA) is 24.5 Å². The fourth-order valence-electron chi connectivity index (χ4n) is 2.00. The second kappa shape index (κ2) is 3.45. The minimum absolute atomic E-state index is 0.871. The number of ether oxygens (including phenoxy) is 1. The normalized spacial score (nSPS) is 19.7. The lowest BCUT2D eigenvalue weighted by Gasteiger charge is -2.21. The van der Waals surface area contributed by atoms with Gasteiger partial charge in [-0.2, -0.15) is 0 Å². The molecule has 0 unspecified atom stereocenters. The Labute approximate surface area is 96.8 Å². The third kappa shape index (κ3) is 1.49. The Balaban J connectivity index is 2.16. The summed E-state index contributed by atoms with van der Waals surface area (Å²) < 4.78 is 6.65. The zero-order valence-corrected chi connectivity index (χ0v) is 9.75. The summed E-state index contributed by atoms with van der Waals surface area (Å²) in [6, 6.07) is 4.10. The van der Waals surface area contributed by atoms with Crippen LogP contribution < -0.4 is 15.0 Å². The highest BCUT2D eigenvalue weighted by Gasteiger charge is 2.23. The summed E-state index contributed by atoms with van der Waals surface area (Å²) >= 11 is 3.48. The first-order valence-electron chi connectivity index (χ1n) is 4.98. The van der Waals surface area contributed by atoms with Crippen LogP contribution >= 0.6 is 15.9 Å². The number of hydrogen-bond acceptors (Lipinski definition) is 3. The van der Waals surface area contributed by atoms with Crippen molar-refractivity contribution in [1.29, 1.82) is 0 Å². The monoisotopic (exact) mass is 266 g/mol. The highest BCUT2D eigenvalue weighted by molar-refractivity contribution is 9.10. The molecule has 1 aromatic rings. The second-order valence-electron chi connectivity index (χ2n) is 3.68. The first-order valence-corrected chi connectivity index (χ1v) is 5.78. The minimum Gasteiger partial charge on any atom is -0.463 e. The molecule has 0 bridgehead atoms. The van der Waals surface area contributed by atoms with E-state index in [9.17, 15) is 0 Å². The molecule has 1 aromatic carbocycles. The maximum atomic E-state index is 5.61. The molecule has 2 heterocycles. The number of anilines is 2.